The second-order valence-electron chi connectivity index (χ2n) is 2.83. The molecule has 66 valence electrons. The van der Waals surface area contributed by atoms with Gasteiger partial charge in [0.15, 0.2) is 0 Å². The number of hydrogen-bond acceptors (Lipinski definition) is 4. The molecule has 5 heteroatoms. The SMILES string of the molecule is Nc1cc(C2CSCCN2)[nH]n1. The minimum Gasteiger partial charge on any atom is -0.382 e. The van der Waals surface area contributed by atoms with Gasteiger partial charge in [-0.25, -0.2) is 0 Å². The Bertz CT molecular complexity index is 254. The number of nitrogens with zero attached hydrogens (tertiary/aromatic N) is 1. The average molecular weight is 184 g/mol. The quantitative estimate of drug-likeness (QED) is 0.590. The van der Waals surface area contributed by atoms with Crippen LogP contribution in [-0.4, -0.2) is 28.2 Å². The summed E-state index contributed by atoms with van der Waals surface area (Å²) in [6.45, 7) is 1.06. The van der Waals surface area contributed by atoms with Crippen LogP contribution in [0.5, 0.6) is 0 Å². The first-order chi connectivity index (χ1) is 5.86. The van der Waals surface area contributed by atoms with E-state index in [-0.39, 0.29) is 0 Å². The van der Waals surface area contributed by atoms with Crippen LogP contribution in [0.3, 0.4) is 0 Å². The topological polar surface area (TPSA) is 66.7 Å². The van der Waals surface area contributed by atoms with E-state index in [0.29, 0.717) is 11.9 Å². The molecular formula is C7H12N4S. The van der Waals surface area contributed by atoms with Crippen LogP contribution in [-0.2, 0) is 0 Å². The molecule has 0 saturated carbocycles. The summed E-state index contributed by atoms with van der Waals surface area (Å²) in [5.41, 5.74) is 6.61. The number of nitrogens with two attached hydrogens (primary N) is 1. The van der Waals surface area contributed by atoms with Crippen LogP contribution >= 0.6 is 11.8 Å². The van der Waals surface area contributed by atoms with Crippen molar-refractivity contribution >= 4 is 17.6 Å². The fourth-order valence-electron chi connectivity index (χ4n) is 1.30. The molecule has 1 aromatic rings. The molecular weight excluding hydrogens is 172 g/mol. The zero-order valence-corrected chi connectivity index (χ0v) is 7.53. The van der Waals surface area contributed by atoms with Gasteiger partial charge in [0.1, 0.15) is 5.82 Å². The summed E-state index contributed by atoms with van der Waals surface area (Å²) in [5, 5.41) is 10.2. The highest BCUT2D eigenvalue weighted by Crippen LogP contribution is 2.20. The molecule has 4 N–H and O–H groups in total. The molecule has 1 saturated heterocycles. The molecule has 0 aliphatic carbocycles. The zero-order chi connectivity index (χ0) is 8.39. The van der Waals surface area contributed by atoms with Crippen molar-refractivity contribution in [2.45, 2.75) is 6.04 Å². The third-order valence-electron chi connectivity index (χ3n) is 1.91. The van der Waals surface area contributed by atoms with Gasteiger partial charge < -0.3 is 11.1 Å². The standard InChI is InChI=1S/C7H12N4S/c8-7-3-5(10-11-7)6-4-12-2-1-9-6/h3,6,9H,1-2,4H2,(H3,8,10,11). The van der Waals surface area contributed by atoms with E-state index in [1.807, 2.05) is 17.8 Å². The molecule has 0 bridgehead atoms. The predicted octanol–water partition coefficient (Wildman–Crippen LogP) is 0.369. The van der Waals surface area contributed by atoms with Crippen LogP contribution in [0.1, 0.15) is 11.7 Å². The van der Waals surface area contributed by atoms with E-state index in [1.54, 1.807) is 0 Å². The lowest BCUT2D eigenvalue weighted by Crippen LogP contribution is -2.30. The monoisotopic (exact) mass is 184 g/mol. The van der Waals surface area contributed by atoms with Crippen LogP contribution in [0.25, 0.3) is 0 Å². The summed E-state index contributed by atoms with van der Waals surface area (Å²) < 4.78 is 0. The maximum absolute atomic E-state index is 5.51. The number of thioether (sulfide) groups is 1. The van der Waals surface area contributed by atoms with Gasteiger partial charge in [-0.15, -0.1) is 0 Å². The van der Waals surface area contributed by atoms with E-state index >= 15 is 0 Å². The van der Waals surface area contributed by atoms with Gasteiger partial charge in [-0.2, -0.15) is 16.9 Å². The number of anilines is 1. The van der Waals surface area contributed by atoms with Crippen molar-refractivity contribution in [1.29, 1.82) is 0 Å². The van der Waals surface area contributed by atoms with Crippen LogP contribution in [0.4, 0.5) is 5.82 Å². The second-order valence-corrected chi connectivity index (χ2v) is 3.98. The number of hydrogen-bond donors (Lipinski definition) is 3. The van der Waals surface area contributed by atoms with Crippen LogP contribution in [0.2, 0.25) is 0 Å². The van der Waals surface area contributed by atoms with Crippen LogP contribution in [0.15, 0.2) is 6.07 Å². The number of rotatable bonds is 1. The fourth-order valence-corrected chi connectivity index (χ4v) is 2.26. The maximum Gasteiger partial charge on any atom is 0.145 e. The number of H-pyrrole nitrogens is 1. The smallest absolute Gasteiger partial charge is 0.145 e. The Morgan fingerprint density at radius 1 is 1.67 bits per heavy atom. The van der Waals surface area contributed by atoms with Gasteiger partial charge in [0.25, 0.3) is 0 Å². The molecule has 1 aromatic heterocycles. The molecule has 1 aliphatic rings. The van der Waals surface area contributed by atoms with Crippen molar-refractivity contribution in [3.8, 4) is 0 Å². The predicted molar refractivity (Wildman–Crippen MR) is 51.1 cm³/mol. The van der Waals surface area contributed by atoms with E-state index in [4.69, 9.17) is 5.73 Å². The molecule has 0 radical (unpaired) electrons. The number of nitrogen functional groups attached to an aromatic ring is 1. The largest absolute Gasteiger partial charge is 0.382 e. The summed E-state index contributed by atoms with van der Waals surface area (Å²) >= 11 is 1.96. The molecule has 2 heterocycles. The molecule has 2 rings (SSSR count). The first-order valence-electron chi connectivity index (χ1n) is 3.98. The Morgan fingerprint density at radius 2 is 2.58 bits per heavy atom. The molecule has 1 atom stereocenters. The summed E-state index contributed by atoms with van der Waals surface area (Å²) in [5.74, 6) is 2.87. The summed E-state index contributed by atoms with van der Waals surface area (Å²) in [6, 6.07) is 2.29. The molecule has 1 aliphatic heterocycles. The fraction of sp³-hybridized carbons (Fsp3) is 0.571. The van der Waals surface area contributed by atoms with Crippen molar-refractivity contribution in [2.24, 2.45) is 0 Å². The minimum absolute atomic E-state index is 0.397. The van der Waals surface area contributed by atoms with E-state index in [0.717, 1.165) is 18.0 Å². The third kappa shape index (κ3) is 1.56. The molecule has 1 unspecified atom stereocenters. The van der Waals surface area contributed by atoms with Gasteiger partial charge in [-0.05, 0) is 0 Å². The van der Waals surface area contributed by atoms with E-state index in [2.05, 4.69) is 15.5 Å². The van der Waals surface area contributed by atoms with Crippen molar-refractivity contribution < 1.29 is 0 Å². The Labute approximate surface area is 75.3 Å². The van der Waals surface area contributed by atoms with E-state index in [9.17, 15) is 0 Å². The lowest BCUT2D eigenvalue weighted by molar-refractivity contribution is 0.579. The lowest BCUT2D eigenvalue weighted by atomic mass is 10.2. The molecule has 1 fully saturated rings. The number of nitrogens with one attached hydrogen (secondary N) is 2. The third-order valence-corrected chi connectivity index (χ3v) is 2.98. The summed E-state index contributed by atoms with van der Waals surface area (Å²) in [4.78, 5) is 0. The number of aromatic amines is 1. The molecule has 4 nitrogen and oxygen atoms in total. The average Bonchev–Trinajstić information content (AvgIpc) is 2.54. The van der Waals surface area contributed by atoms with Gasteiger partial charge in [0.2, 0.25) is 0 Å². The van der Waals surface area contributed by atoms with Crippen LogP contribution in [0, 0.1) is 0 Å². The van der Waals surface area contributed by atoms with Gasteiger partial charge in [-0.1, -0.05) is 0 Å². The van der Waals surface area contributed by atoms with E-state index in [1.165, 1.54) is 5.75 Å². The van der Waals surface area contributed by atoms with Crippen molar-refractivity contribution in [1.82, 2.24) is 15.5 Å². The first kappa shape index (κ1) is 7.94. The second kappa shape index (κ2) is 3.37. The van der Waals surface area contributed by atoms with Gasteiger partial charge in [0, 0.05) is 24.1 Å². The van der Waals surface area contributed by atoms with Gasteiger partial charge in [0.05, 0.1) is 11.7 Å². The zero-order valence-electron chi connectivity index (χ0n) is 6.71. The molecule has 12 heavy (non-hydrogen) atoms. The Kier molecular flexibility index (Phi) is 2.23. The van der Waals surface area contributed by atoms with Crippen molar-refractivity contribution in [3.05, 3.63) is 11.8 Å². The minimum atomic E-state index is 0.397. The normalized spacial score (nSPS) is 24.2. The van der Waals surface area contributed by atoms with Gasteiger partial charge >= 0.3 is 0 Å². The number of aromatic nitrogens is 2. The molecule has 0 aromatic carbocycles. The van der Waals surface area contributed by atoms with Crippen molar-refractivity contribution in [3.63, 3.8) is 0 Å². The molecule has 0 spiro atoms. The Hall–Kier alpha value is -0.680. The summed E-state index contributed by atoms with van der Waals surface area (Å²) in [6.07, 6.45) is 0. The first-order valence-corrected chi connectivity index (χ1v) is 5.13. The van der Waals surface area contributed by atoms with Crippen molar-refractivity contribution in [2.75, 3.05) is 23.8 Å². The van der Waals surface area contributed by atoms with E-state index < -0.39 is 0 Å². The maximum atomic E-state index is 5.51. The molecule has 0 amide bonds. The van der Waals surface area contributed by atoms with Gasteiger partial charge in [-0.3, -0.25) is 5.10 Å². The lowest BCUT2D eigenvalue weighted by Gasteiger charge is -2.21. The Balaban J connectivity index is 2.08. The highest BCUT2D eigenvalue weighted by molar-refractivity contribution is 7.99. The highest BCUT2D eigenvalue weighted by atomic mass is 32.2. The summed E-state index contributed by atoms with van der Waals surface area (Å²) in [7, 11) is 0. The Morgan fingerprint density at radius 3 is 3.17 bits per heavy atom. The van der Waals surface area contributed by atoms with Crippen LogP contribution < -0.4 is 11.1 Å². The highest BCUT2D eigenvalue weighted by Gasteiger charge is 2.16.